The molecule has 0 bridgehead atoms. The van der Waals surface area contributed by atoms with Crippen molar-refractivity contribution in [3.8, 4) is 0 Å². The molecule has 1 rings (SSSR count). The summed E-state index contributed by atoms with van der Waals surface area (Å²) in [5.74, 6) is 0.251. The Morgan fingerprint density at radius 3 is 2.10 bits per heavy atom. The minimum atomic E-state index is -0.0157. The first-order valence-electron chi connectivity index (χ1n) is 7.85. The first-order chi connectivity index (χ1) is 9.37. The summed E-state index contributed by atoms with van der Waals surface area (Å²) in [4.78, 5) is 19.0. The molecule has 0 aromatic carbocycles. The maximum absolute atomic E-state index is 12.4. The maximum Gasteiger partial charge on any atom is 0.239 e. The third-order valence-corrected chi connectivity index (χ3v) is 4.65. The molecule has 2 N–H and O–H groups in total. The summed E-state index contributed by atoms with van der Waals surface area (Å²) in [6, 6.07) is -0.0157. The minimum Gasteiger partial charge on any atom is -0.342 e. The lowest BCUT2D eigenvalue weighted by atomic mass is 10.0. The Labute approximate surface area is 124 Å². The molecule has 5 nitrogen and oxygen atoms in total. The summed E-state index contributed by atoms with van der Waals surface area (Å²) in [6.07, 6.45) is 0. The fraction of sp³-hybridized carbons (Fsp3) is 0.933. The fourth-order valence-electron chi connectivity index (χ4n) is 2.80. The van der Waals surface area contributed by atoms with Crippen molar-refractivity contribution in [3.05, 3.63) is 0 Å². The van der Waals surface area contributed by atoms with E-state index in [4.69, 9.17) is 5.73 Å². The number of piperazine rings is 1. The standard InChI is InChI=1S/C15H32N4O/c1-6-17(7-2)14(20)13(3)18-8-10-19(11-9-18)15(4,5)12-16/h13H,6-12,16H2,1-5H3. The monoisotopic (exact) mass is 284 g/mol. The van der Waals surface area contributed by atoms with E-state index in [1.807, 2.05) is 25.7 Å². The Morgan fingerprint density at radius 2 is 1.70 bits per heavy atom. The molecule has 1 heterocycles. The smallest absolute Gasteiger partial charge is 0.239 e. The Balaban J connectivity index is 2.55. The van der Waals surface area contributed by atoms with Gasteiger partial charge in [-0.25, -0.2) is 0 Å². The second-order valence-corrected chi connectivity index (χ2v) is 6.23. The van der Waals surface area contributed by atoms with Crippen molar-refractivity contribution in [3.63, 3.8) is 0 Å². The molecule has 1 aliphatic rings. The van der Waals surface area contributed by atoms with Crippen LogP contribution in [0.3, 0.4) is 0 Å². The van der Waals surface area contributed by atoms with Gasteiger partial charge in [0.2, 0.25) is 5.91 Å². The highest BCUT2D eigenvalue weighted by atomic mass is 16.2. The average molecular weight is 284 g/mol. The van der Waals surface area contributed by atoms with Crippen LogP contribution in [0.5, 0.6) is 0 Å². The van der Waals surface area contributed by atoms with Gasteiger partial charge in [0.05, 0.1) is 6.04 Å². The minimum absolute atomic E-state index is 0.0157. The number of rotatable bonds is 6. The number of hydrogen-bond acceptors (Lipinski definition) is 4. The van der Waals surface area contributed by atoms with Crippen LogP contribution >= 0.6 is 0 Å². The van der Waals surface area contributed by atoms with Gasteiger partial charge in [-0.2, -0.15) is 0 Å². The zero-order valence-corrected chi connectivity index (χ0v) is 13.9. The van der Waals surface area contributed by atoms with Gasteiger partial charge in [0.1, 0.15) is 0 Å². The van der Waals surface area contributed by atoms with Crippen LogP contribution in [-0.2, 0) is 4.79 Å². The van der Waals surface area contributed by atoms with Crippen molar-refractivity contribution in [1.82, 2.24) is 14.7 Å². The van der Waals surface area contributed by atoms with E-state index in [2.05, 4.69) is 23.6 Å². The zero-order valence-electron chi connectivity index (χ0n) is 13.9. The summed E-state index contributed by atoms with van der Waals surface area (Å²) in [6.45, 7) is 16.6. The molecule has 118 valence electrons. The van der Waals surface area contributed by atoms with Crippen molar-refractivity contribution >= 4 is 5.91 Å². The van der Waals surface area contributed by atoms with Crippen LogP contribution in [-0.4, -0.2) is 78.0 Å². The van der Waals surface area contributed by atoms with Crippen molar-refractivity contribution in [2.75, 3.05) is 45.8 Å². The Morgan fingerprint density at radius 1 is 1.20 bits per heavy atom. The van der Waals surface area contributed by atoms with Crippen LogP contribution in [0.25, 0.3) is 0 Å². The number of nitrogens with zero attached hydrogens (tertiary/aromatic N) is 3. The van der Waals surface area contributed by atoms with Gasteiger partial charge in [-0.05, 0) is 34.6 Å². The topological polar surface area (TPSA) is 52.8 Å². The van der Waals surface area contributed by atoms with E-state index >= 15 is 0 Å². The highest BCUT2D eigenvalue weighted by molar-refractivity contribution is 5.81. The van der Waals surface area contributed by atoms with Gasteiger partial charge in [0.15, 0.2) is 0 Å². The van der Waals surface area contributed by atoms with Crippen molar-refractivity contribution < 1.29 is 4.79 Å². The van der Waals surface area contributed by atoms with Crippen LogP contribution in [0.1, 0.15) is 34.6 Å². The molecule has 0 aliphatic carbocycles. The third-order valence-electron chi connectivity index (χ3n) is 4.65. The molecular weight excluding hydrogens is 252 g/mol. The second-order valence-electron chi connectivity index (χ2n) is 6.23. The molecule has 1 amide bonds. The molecular formula is C15H32N4O. The van der Waals surface area contributed by atoms with Gasteiger partial charge in [0.25, 0.3) is 0 Å². The van der Waals surface area contributed by atoms with E-state index < -0.39 is 0 Å². The molecule has 1 aliphatic heterocycles. The van der Waals surface area contributed by atoms with Crippen LogP contribution in [0, 0.1) is 0 Å². The van der Waals surface area contributed by atoms with E-state index in [1.54, 1.807) is 0 Å². The molecule has 1 fully saturated rings. The lowest BCUT2D eigenvalue weighted by Gasteiger charge is -2.45. The van der Waals surface area contributed by atoms with E-state index in [0.29, 0.717) is 6.54 Å². The summed E-state index contributed by atoms with van der Waals surface area (Å²) in [7, 11) is 0. The molecule has 0 radical (unpaired) electrons. The molecule has 0 spiro atoms. The summed E-state index contributed by atoms with van der Waals surface area (Å²) in [5, 5.41) is 0. The Hall–Kier alpha value is -0.650. The van der Waals surface area contributed by atoms with Gasteiger partial charge < -0.3 is 10.6 Å². The van der Waals surface area contributed by atoms with Crippen molar-refractivity contribution in [2.45, 2.75) is 46.2 Å². The highest BCUT2D eigenvalue weighted by Crippen LogP contribution is 2.17. The molecule has 1 atom stereocenters. The van der Waals surface area contributed by atoms with Gasteiger partial charge >= 0.3 is 0 Å². The SMILES string of the molecule is CCN(CC)C(=O)C(C)N1CCN(C(C)(C)CN)CC1. The lowest BCUT2D eigenvalue weighted by molar-refractivity contribution is -0.137. The van der Waals surface area contributed by atoms with Gasteiger partial charge in [0, 0.05) is 51.4 Å². The highest BCUT2D eigenvalue weighted by Gasteiger charge is 2.32. The van der Waals surface area contributed by atoms with Crippen LogP contribution in [0.4, 0.5) is 0 Å². The maximum atomic E-state index is 12.4. The predicted molar refractivity (Wildman–Crippen MR) is 83.7 cm³/mol. The molecule has 5 heteroatoms. The van der Waals surface area contributed by atoms with Crippen LogP contribution in [0.15, 0.2) is 0 Å². The van der Waals surface area contributed by atoms with Gasteiger partial charge in [-0.3, -0.25) is 14.6 Å². The first kappa shape index (κ1) is 17.4. The van der Waals surface area contributed by atoms with Crippen molar-refractivity contribution in [1.29, 1.82) is 0 Å². The number of carbonyl (C=O) groups excluding carboxylic acids is 1. The first-order valence-corrected chi connectivity index (χ1v) is 7.85. The number of likely N-dealkylation sites (N-methyl/N-ethyl adjacent to an activating group) is 1. The largest absolute Gasteiger partial charge is 0.342 e. The molecule has 0 aromatic heterocycles. The lowest BCUT2D eigenvalue weighted by Crippen LogP contribution is -2.60. The van der Waals surface area contributed by atoms with Crippen molar-refractivity contribution in [2.24, 2.45) is 5.73 Å². The summed E-state index contributed by atoms with van der Waals surface area (Å²) >= 11 is 0. The van der Waals surface area contributed by atoms with Crippen LogP contribution in [0.2, 0.25) is 0 Å². The number of hydrogen-bond donors (Lipinski definition) is 1. The van der Waals surface area contributed by atoms with Crippen LogP contribution < -0.4 is 5.73 Å². The number of carbonyl (C=O) groups is 1. The molecule has 0 saturated carbocycles. The average Bonchev–Trinajstić information content (AvgIpc) is 2.47. The number of amides is 1. The van der Waals surface area contributed by atoms with E-state index in [-0.39, 0.29) is 17.5 Å². The van der Waals surface area contributed by atoms with Gasteiger partial charge in [-0.15, -0.1) is 0 Å². The van der Waals surface area contributed by atoms with Gasteiger partial charge in [-0.1, -0.05) is 0 Å². The molecule has 0 aromatic rings. The van der Waals surface area contributed by atoms with E-state index in [0.717, 1.165) is 39.3 Å². The predicted octanol–water partition coefficient (Wildman–Crippen LogP) is 0.598. The zero-order chi connectivity index (χ0) is 15.3. The fourth-order valence-corrected chi connectivity index (χ4v) is 2.80. The normalized spacial score (nSPS) is 19.9. The second kappa shape index (κ2) is 7.38. The molecule has 1 saturated heterocycles. The third kappa shape index (κ3) is 3.93. The quantitative estimate of drug-likeness (QED) is 0.776. The summed E-state index contributed by atoms with van der Waals surface area (Å²) < 4.78 is 0. The van der Waals surface area contributed by atoms with E-state index in [9.17, 15) is 4.79 Å². The Bertz CT molecular complexity index is 307. The number of nitrogens with two attached hydrogens (primary N) is 1. The molecule has 20 heavy (non-hydrogen) atoms. The summed E-state index contributed by atoms with van der Waals surface area (Å²) in [5.41, 5.74) is 5.89. The Kier molecular flexibility index (Phi) is 6.43. The molecule has 1 unspecified atom stereocenters. The van der Waals surface area contributed by atoms with E-state index in [1.165, 1.54) is 0 Å².